The highest BCUT2D eigenvalue weighted by Gasteiger charge is 2.22. The maximum Gasteiger partial charge on any atom is 0.208 e. The van der Waals surface area contributed by atoms with E-state index in [0.717, 1.165) is 18.2 Å². The van der Waals surface area contributed by atoms with Gasteiger partial charge in [0.1, 0.15) is 0 Å². The van der Waals surface area contributed by atoms with Crippen LogP contribution in [-0.4, -0.2) is 28.9 Å². The van der Waals surface area contributed by atoms with Crippen LogP contribution < -0.4 is 11.3 Å². The highest BCUT2D eigenvalue weighted by molar-refractivity contribution is 7.07. The fourth-order valence-electron chi connectivity index (χ4n) is 1.26. The Labute approximate surface area is 93.0 Å². The standard InChI is InChI=1S/C9H15N5S/c1-14(4-8-5-15-6-11-8)9(13-10)12-7-2-3-7/h5-7H,2-4,10H2,1H3,(H,12,13). The molecule has 1 aliphatic carbocycles. The first-order valence-corrected chi connectivity index (χ1v) is 5.86. The fourth-order valence-corrected chi connectivity index (χ4v) is 1.81. The molecule has 0 amide bonds. The Kier molecular flexibility index (Phi) is 3.17. The molecule has 1 saturated carbocycles. The number of hydrogen-bond donors (Lipinski definition) is 2. The molecule has 3 N–H and O–H groups in total. The second kappa shape index (κ2) is 4.59. The van der Waals surface area contributed by atoms with Crippen molar-refractivity contribution in [2.75, 3.05) is 7.05 Å². The molecular formula is C9H15N5S. The molecule has 0 saturated heterocycles. The molecule has 1 aromatic heterocycles. The van der Waals surface area contributed by atoms with E-state index in [1.807, 2.05) is 22.8 Å². The predicted molar refractivity (Wildman–Crippen MR) is 61.4 cm³/mol. The quantitative estimate of drug-likeness (QED) is 0.341. The number of thiazole rings is 1. The van der Waals surface area contributed by atoms with Crippen LogP contribution in [0.4, 0.5) is 0 Å². The Hall–Kier alpha value is -1.14. The highest BCUT2D eigenvalue weighted by Crippen LogP contribution is 2.23. The summed E-state index contributed by atoms with van der Waals surface area (Å²) in [4.78, 5) is 10.7. The van der Waals surface area contributed by atoms with Crippen LogP contribution in [0.25, 0.3) is 0 Å². The summed E-state index contributed by atoms with van der Waals surface area (Å²) in [6.07, 6.45) is 2.35. The molecular weight excluding hydrogens is 210 g/mol. The fraction of sp³-hybridized carbons (Fsp3) is 0.556. The third-order valence-electron chi connectivity index (χ3n) is 2.23. The van der Waals surface area contributed by atoms with Crippen molar-refractivity contribution < 1.29 is 0 Å². The Bertz CT molecular complexity index is 330. The molecule has 0 atom stereocenters. The van der Waals surface area contributed by atoms with Gasteiger partial charge >= 0.3 is 0 Å². The number of aliphatic imine (C=N–C) groups is 1. The van der Waals surface area contributed by atoms with Gasteiger partial charge in [-0.2, -0.15) is 0 Å². The number of aromatic nitrogens is 1. The third kappa shape index (κ3) is 2.90. The molecule has 1 aliphatic rings. The van der Waals surface area contributed by atoms with Gasteiger partial charge in [-0.1, -0.05) is 0 Å². The lowest BCUT2D eigenvalue weighted by Gasteiger charge is -2.19. The molecule has 1 fully saturated rings. The smallest absolute Gasteiger partial charge is 0.208 e. The van der Waals surface area contributed by atoms with Crippen molar-refractivity contribution in [3.63, 3.8) is 0 Å². The Balaban J connectivity index is 1.95. The first-order chi connectivity index (χ1) is 7.29. The van der Waals surface area contributed by atoms with Crippen LogP contribution in [0.1, 0.15) is 18.5 Å². The zero-order valence-corrected chi connectivity index (χ0v) is 9.50. The Morgan fingerprint density at radius 2 is 2.60 bits per heavy atom. The summed E-state index contributed by atoms with van der Waals surface area (Å²) in [7, 11) is 1.96. The van der Waals surface area contributed by atoms with E-state index in [1.54, 1.807) is 11.3 Å². The number of nitrogens with zero attached hydrogens (tertiary/aromatic N) is 3. The van der Waals surface area contributed by atoms with Gasteiger partial charge in [0.05, 0.1) is 23.8 Å². The SMILES string of the molecule is CN(Cc1cscn1)C(=NC1CC1)NN. The number of guanidine groups is 1. The van der Waals surface area contributed by atoms with Gasteiger partial charge in [0.15, 0.2) is 0 Å². The summed E-state index contributed by atoms with van der Waals surface area (Å²) in [5, 5.41) is 2.03. The lowest BCUT2D eigenvalue weighted by atomic mass is 10.4. The molecule has 0 spiro atoms. The molecule has 1 aromatic rings. The van der Waals surface area contributed by atoms with Gasteiger partial charge in [-0.25, -0.2) is 15.8 Å². The molecule has 2 rings (SSSR count). The number of hydrogen-bond acceptors (Lipinski definition) is 4. The largest absolute Gasteiger partial charge is 0.339 e. The van der Waals surface area contributed by atoms with E-state index in [9.17, 15) is 0 Å². The number of hydrazine groups is 1. The first-order valence-electron chi connectivity index (χ1n) is 4.92. The van der Waals surface area contributed by atoms with Gasteiger partial charge < -0.3 is 4.90 Å². The second-order valence-corrected chi connectivity index (χ2v) is 4.38. The van der Waals surface area contributed by atoms with E-state index < -0.39 is 0 Å². The summed E-state index contributed by atoms with van der Waals surface area (Å²) in [5.41, 5.74) is 5.51. The van der Waals surface area contributed by atoms with Crippen LogP contribution in [0.5, 0.6) is 0 Å². The molecule has 0 aliphatic heterocycles. The minimum Gasteiger partial charge on any atom is -0.339 e. The molecule has 0 aromatic carbocycles. The molecule has 5 nitrogen and oxygen atoms in total. The van der Waals surface area contributed by atoms with Crippen molar-refractivity contribution in [2.24, 2.45) is 10.8 Å². The van der Waals surface area contributed by atoms with E-state index in [-0.39, 0.29) is 0 Å². The summed E-state index contributed by atoms with van der Waals surface area (Å²) < 4.78 is 0. The van der Waals surface area contributed by atoms with Crippen LogP contribution in [0.3, 0.4) is 0 Å². The monoisotopic (exact) mass is 225 g/mol. The molecule has 0 radical (unpaired) electrons. The van der Waals surface area contributed by atoms with E-state index in [4.69, 9.17) is 5.84 Å². The van der Waals surface area contributed by atoms with Gasteiger partial charge in [-0.15, -0.1) is 11.3 Å². The molecule has 0 unspecified atom stereocenters. The summed E-state index contributed by atoms with van der Waals surface area (Å²) in [5.74, 6) is 6.18. The lowest BCUT2D eigenvalue weighted by Crippen LogP contribution is -2.42. The molecule has 15 heavy (non-hydrogen) atoms. The zero-order valence-electron chi connectivity index (χ0n) is 8.68. The highest BCUT2D eigenvalue weighted by atomic mass is 32.1. The normalized spacial score (nSPS) is 16.5. The Morgan fingerprint density at radius 1 is 1.80 bits per heavy atom. The number of nitrogens with one attached hydrogen (secondary N) is 1. The van der Waals surface area contributed by atoms with E-state index in [0.29, 0.717) is 6.04 Å². The summed E-state index contributed by atoms with van der Waals surface area (Å²) in [6, 6.07) is 0.467. The van der Waals surface area contributed by atoms with Gasteiger partial charge in [-0.3, -0.25) is 5.43 Å². The van der Waals surface area contributed by atoms with Gasteiger partial charge in [-0.05, 0) is 12.8 Å². The van der Waals surface area contributed by atoms with Crippen molar-refractivity contribution in [3.05, 3.63) is 16.6 Å². The van der Waals surface area contributed by atoms with Crippen LogP contribution in [-0.2, 0) is 6.54 Å². The van der Waals surface area contributed by atoms with E-state index in [1.165, 1.54) is 12.8 Å². The van der Waals surface area contributed by atoms with E-state index in [2.05, 4.69) is 15.4 Å². The predicted octanol–water partition coefficient (Wildman–Crippen LogP) is 0.557. The van der Waals surface area contributed by atoms with Crippen molar-refractivity contribution in [1.82, 2.24) is 15.3 Å². The average Bonchev–Trinajstić information content (AvgIpc) is 2.91. The maximum absolute atomic E-state index is 5.44. The molecule has 6 heteroatoms. The van der Waals surface area contributed by atoms with Crippen LogP contribution in [0, 0.1) is 0 Å². The van der Waals surface area contributed by atoms with E-state index >= 15 is 0 Å². The van der Waals surface area contributed by atoms with Gasteiger partial charge in [0, 0.05) is 12.4 Å². The maximum atomic E-state index is 5.44. The second-order valence-electron chi connectivity index (χ2n) is 3.66. The van der Waals surface area contributed by atoms with Gasteiger partial charge in [0.25, 0.3) is 0 Å². The number of rotatable bonds is 3. The molecule has 1 heterocycles. The average molecular weight is 225 g/mol. The molecule has 0 bridgehead atoms. The summed E-state index contributed by atoms with van der Waals surface area (Å²) >= 11 is 1.60. The number of nitrogens with two attached hydrogens (primary N) is 1. The molecule has 82 valence electrons. The van der Waals surface area contributed by atoms with Gasteiger partial charge in [0.2, 0.25) is 5.96 Å². The van der Waals surface area contributed by atoms with Crippen molar-refractivity contribution in [2.45, 2.75) is 25.4 Å². The van der Waals surface area contributed by atoms with Crippen molar-refractivity contribution >= 4 is 17.3 Å². The lowest BCUT2D eigenvalue weighted by molar-refractivity contribution is 0.471. The van der Waals surface area contributed by atoms with Crippen molar-refractivity contribution in [1.29, 1.82) is 0 Å². The van der Waals surface area contributed by atoms with Crippen LogP contribution >= 0.6 is 11.3 Å². The Morgan fingerprint density at radius 3 is 3.13 bits per heavy atom. The zero-order chi connectivity index (χ0) is 10.7. The minimum absolute atomic E-state index is 0.467. The van der Waals surface area contributed by atoms with Crippen molar-refractivity contribution in [3.8, 4) is 0 Å². The first kappa shape index (κ1) is 10.4. The topological polar surface area (TPSA) is 66.5 Å². The summed E-state index contributed by atoms with van der Waals surface area (Å²) in [6.45, 7) is 0.735. The van der Waals surface area contributed by atoms with Crippen LogP contribution in [0.15, 0.2) is 15.9 Å². The van der Waals surface area contributed by atoms with Crippen LogP contribution in [0.2, 0.25) is 0 Å². The minimum atomic E-state index is 0.467. The third-order valence-corrected chi connectivity index (χ3v) is 2.86.